The van der Waals surface area contributed by atoms with Gasteiger partial charge in [-0.05, 0) is 64.7 Å². The van der Waals surface area contributed by atoms with Gasteiger partial charge in [0.2, 0.25) is 5.91 Å². The molecule has 0 radical (unpaired) electrons. The van der Waals surface area contributed by atoms with E-state index in [9.17, 15) is 9.59 Å². The van der Waals surface area contributed by atoms with Gasteiger partial charge >= 0.3 is 5.63 Å². The van der Waals surface area contributed by atoms with Crippen LogP contribution in [-0.4, -0.2) is 25.7 Å². The molecule has 0 aliphatic carbocycles. The van der Waals surface area contributed by atoms with Crippen LogP contribution in [0.5, 0.6) is 0 Å². The molecule has 0 spiro atoms. The fraction of sp³-hybridized carbons (Fsp3) is 0.478. The van der Waals surface area contributed by atoms with Crippen molar-refractivity contribution in [1.82, 2.24) is 5.32 Å². The Morgan fingerprint density at radius 3 is 2.45 bits per heavy atom. The first kappa shape index (κ1) is 21.1. The second kappa shape index (κ2) is 8.82. The summed E-state index contributed by atoms with van der Waals surface area (Å²) < 4.78 is 16.8. The molecule has 2 heterocycles. The highest BCUT2D eigenvalue weighted by Gasteiger charge is 2.19. The number of furan rings is 1. The molecule has 0 fully saturated rings. The third kappa shape index (κ3) is 4.22. The van der Waals surface area contributed by atoms with Gasteiger partial charge in [0.15, 0.2) is 0 Å². The topological polar surface area (TPSA) is 81.7 Å². The maximum Gasteiger partial charge on any atom is 0.339 e. The number of ether oxygens (including phenoxy) is 1. The SMILES string of the molecule is CCOCCCNC(=O)CCc1c(C)c2cc3c(C)c(C)oc3c(C)c2oc1=O. The molecule has 6 nitrogen and oxygen atoms in total. The molecule has 2 aromatic heterocycles. The first-order chi connectivity index (χ1) is 13.8. The van der Waals surface area contributed by atoms with E-state index in [2.05, 4.69) is 5.32 Å². The van der Waals surface area contributed by atoms with Gasteiger partial charge in [-0.2, -0.15) is 0 Å². The third-order valence-electron chi connectivity index (χ3n) is 5.54. The molecule has 29 heavy (non-hydrogen) atoms. The number of carbonyl (C=O) groups is 1. The van der Waals surface area contributed by atoms with E-state index in [4.69, 9.17) is 13.6 Å². The fourth-order valence-electron chi connectivity index (χ4n) is 3.65. The Hall–Kier alpha value is -2.60. The van der Waals surface area contributed by atoms with Crippen LogP contribution in [0.15, 0.2) is 19.7 Å². The molecule has 0 saturated heterocycles. The van der Waals surface area contributed by atoms with Crippen molar-refractivity contribution in [1.29, 1.82) is 0 Å². The van der Waals surface area contributed by atoms with Crippen LogP contribution in [0, 0.1) is 27.7 Å². The molecule has 6 heteroatoms. The van der Waals surface area contributed by atoms with Gasteiger partial charge in [0, 0.05) is 48.1 Å². The van der Waals surface area contributed by atoms with Crippen LogP contribution in [0.1, 0.15) is 47.8 Å². The van der Waals surface area contributed by atoms with E-state index in [1.807, 2.05) is 40.7 Å². The molecule has 3 rings (SSSR count). The molecule has 1 N–H and O–H groups in total. The maximum absolute atomic E-state index is 12.6. The van der Waals surface area contributed by atoms with Gasteiger partial charge in [-0.1, -0.05) is 0 Å². The molecular formula is C23H29NO5. The predicted octanol–water partition coefficient (Wildman–Crippen LogP) is 4.25. The number of carbonyl (C=O) groups excluding carboxylic acids is 1. The van der Waals surface area contributed by atoms with E-state index in [0.29, 0.717) is 37.3 Å². The second-order valence-electron chi connectivity index (χ2n) is 7.43. The highest BCUT2D eigenvalue weighted by atomic mass is 16.5. The first-order valence-corrected chi connectivity index (χ1v) is 10.1. The van der Waals surface area contributed by atoms with Crippen molar-refractivity contribution in [3.05, 3.63) is 44.5 Å². The average Bonchev–Trinajstić information content (AvgIpc) is 2.97. The molecule has 0 unspecified atom stereocenters. The summed E-state index contributed by atoms with van der Waals surface area (Å²) in [6.07, 6.45) is 1.37. The van der Waals surface area contributed by atoms with E-state index in [1.165, 1.54) is 0 Å². The molecule has 1 aromatic carbocycles. The Bertz CT molecular complexity index is 1110. The Labute approximate surface area is 170 Å². The lowest BCUT2D eigenvalue weighted by Gasteiger charge is -2.10. The molecule has 0 aliphatic rings. The number of aryl methyl sites for hydroxylation is 4. The lowest BCUT2D eigenvalue weighted by atomic mass is 9.98. The summed E-state index contributed by atoms with van der Waals surface area (Å²) >= 11 is 0. The molecule has 0 saturated carbocycles. The summed E-state index contributed by atoms with van der Waals surface area (Å²) in [5.74, 6) is 0.785. The van der Waals surface area contributed by atoms with Crippen LogP contribution in [0.25, 0.3) is 21.9 Å². The van der Waals surface area contributed by atoms with Crippen molar-refractivity contribution in [3.63, 3.8) is 0 Å². The molecule has 0 aliphatic heterocycles. The number of amides is 1. The number of rotatable bonds is 8. The smallest absolute Gasteiger partial charge is 0.339 e. The van der Waals surface area contributed by atoms with Crippen molar-refractivity contribution in [2.75, 3.05) is 19.8 Å². The average molecular weight is 399 g/mol. The van der Waals surface area contributed by atoms with Crippen LogP contribution < -0.4 is 10.9 Å². The lowest BCUT2D eigenvalue weighted by Crippen LogP contribution is -2.26. The van der Waals surface area contributed by atoms with Gasteiger partial charge in [-0.25, -0.2) is 4.79 Å². The number of hydrogen-bond acceptors (Lipinski definition) is 5. The summed E-state index contributed by atoms with van der Waals surface area (Å²) in [5.41, 5.74) is 4.26. The van der Waals surface area contributed by atoms with Crippen molar-refractivity contribution >= 4 is 27.8 Å². The lowest BCUT2D eigenvalue weighted by molar-refractivity contribution is -0.121. The Balaban J connectivity index is 1.84. The standard InChI is InChI=1S/C23H29NO5/c1-6-27-11-7-10-24-20(25)9-8-17-14(3)19-12-18-13(2)16(5)28-21(18)15(4)22(19)29-23(17)26/h12H,6-11H2,1-5H3,(H,24,25). The van der Waals surface area contributed by atoms with Crippen molar-refractivity contribution in [2.24, 2.45) is 0 Å². The van der Waals surface area contributed by atoms with E-state index in [0.717, 1.165) is 45.2 Å². The van der Waals surface area contributed by atoms with Gasteiger partial charge in [-0.15, -0.1) is 0 Å². The molecule has 156 valence electrons. The van der Waals surface area contributed by atoms with Gasteiger partial charge in [0.1, 0.15) is 16.9 Å². The summed E-state index contributed by atoms with van der Waals surface area (Å²) in [4.78, 5) is 24.7. The largest absolute Gasteiger partial charge is 0.461 e. The third-order valence-corrected chi connectivity index (χ3v) is 5.54. The first-order valence-electron chi connectivity index (χ1n) is 10.1. The van der Waals surface area contributed by atoms with E-state index in [-0.39, 0.29) is 18.0 Å². The quantitative estimate of drug-likeness (QED) is 0.452. The number of hydrogen-bond donors (Lipinski definition) is 1. The molecule has 1 amide bonds. The fourth-order valence-corrected chi connectivity index (χ4v) is 3.65. The van der Waals surface area contributed by atoms with Crippen molar-refractivity contribution < 1.29 is 18.4 Å². The van der Waals surface area contributed by atoms with Gasteiger partial charge in [-0.3, -0.25) is 4.79 Å². The maximum atomic E-state index is 12.6. The minimum Gasteiger partial charge on any atom is -0.461 e. The normalized spacial score (nSPS) is 11.5. The highest BCUT2D eigenvalue weighted by Crippen LogP contribution is 2.34. The van der Waals surface area contributed by atoms with E-state index < -0.39 is 0 Å². The van der Waals surface area contributed by atoms with Crippen LogP contribution in [-0.2, 0) is 16.0 Å². The molecule has 0 bridgehead atoms. The Morgan fingerprint density at radius 2 is 1.72 bits per heavy atom. The number of fused-ring (bicyclic) bond motifs is 2. The van der Waals surface area contributed by atoms with E-state index >= 15 is 0 Å². The predicted molar refractivity (Wildman–Crippen MR) is 114 cm³/mol. The zero-order chi connectivity index (χ0) is 21.1. The molecule has 3 aromatic rings. The monoisotopic (exact) mass is 399 g/mol. The molecule has 0 atom stereocenters. The number of benzene rings is 1. The Morgan fingerprint density at radius 1 is 1.03 bits per heavy atom. The Kier molecular flexibility index (Phi) is 6.42. The summed E-state index contributed by atoms with van der Waals surface area (Å²) in [5, 5.41) is 4.79. The van der Waals surface area contributed by atoms with Gasteiger partial charge in [0.25, 0.3) is 0 Å². The second-order valence-corrected chi connectivity index (χ2v) is 7.43. The highest BCUT2D eigenvalue weighted by molar-refractivity contribution is 6.00. The van der Waals surface area contributed by atoms with Crippen LogP contribution in [0.3, 0.4) is 0 Å². The minimum atomic E-state index is -0.387. The minimum absolute atomic E-state index is 0.0756. The van der Waals surface area contributed by atoms with Gasteiger partial charge < -0.3 is 18.9 Å². The zero-order valence-corrected chi connectivity index (χ0v) is 17.9. The summed E-state index contributed by atoms with van der Waals surface area (Å²) in [7, 11) is 0. The van der Waals surface area contributed by atoms with Crippen LogP contribution >= 0.6 is 0 Å². The van der Waals surface area contributed by atoms with Crippen LogP contribution in [0.4, 0.5) is 0 Å². The van der Waals surface area contributed by atoms with Crippen molar-refractivity contribution in [2.45, 2.75) is 53.9 Å². The van der Waals surface area contributed by atoms with Crippen molar-refractivity contribution in [3.8, 4) is 0 Å². The summed E-state index contributed by atoms with van der Waals surface area (Å²) in [6, 6.07) is 2.03. The summed E-state index contributed by atoms with van der Waals surface area (Å²) in [6.45, 7) is 11.6. The van der Waals surface area contributed by atoms with Crippen LogP contribution in [0.2, 0.25) is 0 Å². The van der Waals surface area contributed by atoms with E-state index in [1.54, 1.807) is 0 Å². The number of nitrogens with one attached hydrogen (secondary N) is 1. The molecular weight excluding hydrogens is 370 g/mol. The zero-order valence-electron chi connectivity index (χ0n) is 17.9. The van der Waals surface area contributed by atoms with Gasteiger partial charge in [0.05, 0.1) is 0 Å².